The predicted molar refractivity (Wildman–Crippen MR) is 123 cm³/mol. The second-order valence-corrected chi connectivity index (χ2v) is 7.72. The number of methoxy groups -OCH3 is 1. The summed E-state index contributed by atoms with van der Waals surface area (Å²) < 4.78 is 28.8. The van der Waals surface area contributed by atoms with E-state index >= 15 is 0 Å². The monoisotopic (exact) mass is 470 g/mol. The molecule has 0 amide bonds. The molecule has 0 aliphatic heterocycles. The van der Waals surface area contributed by atoms with Crippen molar-refractivity contribution in [3.8, 4) is 40.3 Å². The highest BCUT2D eigenvalue weighted by atomic mass is 19.1. The van der Waals surface area contributed by atoms with Crippen molar-refractivity contribution in [3.05, 3.63) is 72.7 Å². The maximum absolute atomic E-state index is 14.3. The van der Waals surface area contributed by atoms with Crippen LogP contribution in [0.25, 0.3) is 28.3 Å². The number of halogens is 1. The topological polar surface area (TPSA) is 116 Å². The van der Waals surface area contributed by atoms with E-state index in [0.717, 1.165) is 0 Å². The molecule has 0 aliphatic carbocycles. The van der Waals surface area contributed by atoms with Gasteiger partial charge in [-0.15, -0.1) is 10.2 Å². The van der Waals surface area contributed by atoms with Crippen LogP contribution in [0.1, 0.15) is 12.5 Å². The molecule has 5 rings (SSSR count). The Hall–Kier alpha value is -4.85. The van der Waals surface area contributed by atoms with Crippen LogP contribution in [-0.2, 0) is 6.54 Å². The lowest BCUT2D eigenvalue weighted by molar-refractivity contribution is 0.191. The van der Waals surface area contributed by atoms with Crippen LogP contribution in [-0.4, -0.2) is 47.6 Å². The highest BCUT2D eigenvalue weighted by Gasteiger charge is 2.18. The van der Waals surface area contributed by atoms with E-state index in [1.54, 1.807) is 41.6 Å². The van der Waals surface area contributed by atoms with Gasteiger partial charge in [0.05, 0.1) is 31.2 Å². The van der Waals surface area contributed by atoms with Crippen LogP contribution in [0.2, 0.25) is 0 Å². The third-order valence-electron chi connectivity index (χ3n) is 5.28. The zero-order chi connectivity index (χ0) is 24.4. The van der Waals surface area contributed by atoms with Crippen LogP contribution in [0.15, 0.2) is 61.3 Å². The van der Waals surface area contributed by atoms with Gasteiger partial charge in [-0.1, -0.05) is 6.07 Å². The Bertz CT molecular complexity index is 1540. The van der Waals surface area contributed by atoms with Crippen molar-refractivity contribution >= 4 is 5.65 Å². The number of hydrogen-bond acceptors (Lipinski definition) is 8. The Kier molecular flexibility index (Phi) is 5.76. The quantitative estimate of drug-likeness (QED) is 0.355. The third kappa shape index (κ3) is 4.37. The second kappa shape index (κ2) is 9.18. The Morgan fingerprint density at radius 3 is 2.71 bits per heavy atom. The summed E-state index contributed by atoms with van der Waals surface area (Å²) in [4.78, 5) is 8.94. The molecule has 0 aliphatic rings. The zero-order valence-electron chi connectivity index (χ0n) is 18.8. The number of hydrogen-bond donors (Lipinski definition) is 0. The number of ether oxygens (including phenoxy) is 2. The summed E-state index contributed by atoms with van der Waals surface area (Å²) in [6.07, 6.45) is 4.62. The fourth-order valence-corrected chi connectivity index (χ4v) is 3.73. The highest BCUT2D eigenvalue weighted by molar-refractivity contribution is 5.73. The molecule has 1 atom stereocenters. The minimum Gasteiger partial charge on any atom is -0.495 e. The van der Waals surface area contributed by atoms with E-state index in [-0.39, 0.29) is 17.4 Å². The normalized spacial score (nSPS) is 11.8. The smallest absolute Gasteiger partial charge is 0.214 e. The number of pyridine rings is 1. The molecular formula is C24H19FN8O2. The molecule has 5 aromatic rings. The van der Waals surface area contributed by atoms with Gasteiger partial charge in [-0.25, -0.2) is 18.9 Å². The first-order valence-electron chi connectivity index (χ1n) is 10.6. The molecule has 0 saturated carbocycles. The molecule has 174 valence electrons. The molecule has 0 saturated heterocycles. The van der Waals surface area contributed by atoms with Gasteiger partial charge in [-0.3, -0.25) is 0 Å². The number of imidazole rings is 1. The highest BCUT2D eigenvalue weighted by Crippen LogP contribution is 2.32. The van der Waals surface area contributed by atoms with Crippen LogP contribution >= 0.6 is 0 Å². The molecule has 0 unspecified atom stereocenters. The predicted octanol–water partition coefficient (Wildman–Crippen LogP) is 3.54. The molecule has 0 spiro atoms. The Labute approximate surface area is 199 Å². The van der Waals surface area contributed by atoms with E-state index in [4.69, 9.17) is 9.47 Å². The van der Waals surface area contributed by atoms with E-state index in [9.17, 15) is 9.65 Å². The van der Waals surface area contributed by atoms with Crippen molar-refractivity contribution in [3.63, 3.8) is 0 Å². The van der Waals surface area contributed by atoms with Gasteiger partial charge < -0.3 is 14.0 Å². The summed E-state index contributed by atoms with van der Waals surface area (Å²) in [5.74, 6) is 0.0484. The molecule has 0 bridgehead atoms. The minimum atomic E-state index is -0.533. The first-order chi connectivity index (χ1) is 17.1. The lowest BCUT2D eigenvalue weighted by atomic mass is 10.0. The van der Waals surface area contributed by atoms with E-state index < -0.39 is 5.82 Å². The van der Waals surface area contributed by atoms with E-state index in [1.165, 1.54) is 19.2 Å². The van der Waals surface area contributed by atoms with Crippen LogP contribution in [0.5, 0.6) is 11.6 Å². The van der Waals surface area contributed by atoms with Gasteiger partial charge in [0.1, 0.15) is 47.7 Å². The third-order valence-corrected chi connectivity index (χ3v) is 5.28. The van der Waals surface area contributed by atoms with Crippen molar-refractivity contribution in [1.82, 2.24) is 34.3 Å². The summed E-state index contributed by atoms with van der Waals surface area (Å²) in [7, 11) is 1.39. The van der Waals surface area contributed by atoms with Gasteiger partial charge in [-0.05, 0) is 31.2 Å². The van der Waals surface area contributed by atoms with E-state index in [2.05, 4.69) is 31.3 Å². The van der Waals surface area contributed by atoms with Crippen LogP contribution < -0.4 is 9.47 Å². The summed E-state index contributed by atoms with van der Waals surface area (Å²) in [5.41, 5.74) is 2.64. The summed E-state index contributed by atoms with van der Waals surface area (Å²) >= 11 is 0. The molecule has 0 N–H and O–H groups in total. The van der Waals surface area contributed by atoms with Gasteiger partial charge in [0.25, 0.3) is 0 Å². The van der Waals surface area contributed by atoms with E-state index in [1.807, 2.05) is 23.6 Å². The van der Waals surface area contributed by atoms with Gasteiger partial charge >= 0.3 is 0 Å². The number of rotatable bonds is 7. The SMILES string of the molecule is COc1cc(F)cc(-c2cnc3ccc(-c4cccc(O[C@@H](C)Cn5cnnc5)n4)nn23)c1C#N. The Morgan fingerprint density at radius 1 is 1.11 bits per heavy atom. The Balaban J connectivity index is 1.50. The average Bonchev–Trinajstić information content (AvgIpc) is 3.53. The molecule has 11 heteroatoms. The fourth-order valence-electron chi connectivity index (χ4n) is 3.73. The van der Waals surface area contributed by atoms with Crippen LogP contribution in [0.4, 0.5) is 4.39 Å². The average molecular weight is 470 g/mol. The van der Waals surface area contributed by atoms with E-state index in [0.29, 0.717) is 40.7 Å². The number of benzene rings is 1. The van der Waals surface area contributed by atoms with Gasteiger partial charge in [-0.2, -0.15) is 10.4 Å². The number of nitriles is 1. The maximum Gasteiger partial charge on any atom is 0.214 e. The van der Waals surface area contributed by atoms with Gasteiger partial charge in [0.2, 0.25) is 5.88 Å². The number of aromatic nitrogens is 7. The zero-order valence-corrected chi connectivity index (χ0v) is 18.8. The number of fused-ring (bicyclic) bond motifs is 1. The molecular weight excluding hydrogens is 451 g/mol. The summed E-state index contributed by atoms with van der Waals surface area (Å²) in [6, 6.07) is 13.5. The van der Waals surface area contributed by atoms with Crippen LogP contribution in [0, 0.1) is 17.1 Å². The van der Waals surface area contributed by atoms with Gasteiger partial charge in [0, 0.05) is 17.7 Å². The van der Waals surface area contributed by atoms with Crippen molar-refractivity contribution in [1.29, 1.82) is 5.26 Å². The lowest BCUT2D eigenvalue weighted by Gasteiger charge is -2.14. The van der Waals surface area contributed by atoms with Crippen molar-refractivity contribution < 1.29 is 13.9 Å². The van der Waals surface area contributed by atoms with Crippen molar-refractivity contribution in [2.24, 2.45) is 0 Å². The largest absolute Gasteiger partial charge is 0.495 e. The molecule has 10 nitrogen and oxygen atoms in total. The maximum atomic E-state index is 14.3. The van der Waals surface area contributed by atoms with Crippen molar-refractivity contribution in [2.75, 3.05) is 7.11 Å². The standard InChI is InChI=1S/C24H19FN8O2/c1-15(12-32-13-28-29-14-32)35-24-5-3-4-19(30-24)20-6-7-23-27-11-21(33(23)31-20)17-8-16(25)9-22(34-2)18(17)10-26/h3-9,11,13-15H,12H2,1-2H3/t15-/m0/s1. The molecule has 35 heavy (non-hydrogen) atoms. The van der Waals surface area contributed by atoms with Gasteiger partial charge in [0.15, 0.2) is 5.65 Å². The minimum absolute atomic E-state index is 0.140. The molecule has 0 radical (unpaired) electrons. The summed E-state index contributed by atoms with van der Waals surface area (Å²) in [6.45, 7) is 2.50. The first kappa shape index (κ1) is 22.0. The number of nitrogens with zero attached hydrogens (tertiary/aromatic N) is 8. The van der Waals surface area contributed by atoms with Crippen LogP contribution in [0.3, 0.4) is 0 Å². The molecule has 1 aromatic carbocycles. The molecule has 4 aromatic heterocycles. The first-order valence-corrected chi connectivity index (χ1v) is 10.6. The Morgan fingerprint density at radius 2 is 1.94 bits per heavy atom. The molecule has 4 heterocycles. The fraction of sp³-hybridized carbons (Fsp3) is 0.167. The lowest BCUT2D eigenvalue weighted by Crippen LogP contribution is -2.19. The second-order valence-electron chi connectivity index (χ2n) is 7.72. The van der Waals surface area contributed by atoms with Crippen molar-refractivity contribution in [2.45, 2.75) is 19.6 Å². The summed E-state index contributed by atoms with van der Waals surface area (Å²) in [5, 5.41) is 21.9. The molecule has 0 fully saturated rings.